The van der Waals surface area contributed by atoms with Gasteiger partial charge in [0.05, 0.1) is 0 Å². The molecule has 3 aromatic carbocycles. The SMILES string of the molecule is Cc1oc(-c2ccc(Cl)cc2)cc1C(=O)O.O=C(O)C(O)(C(=O)c1ccccc1)C(O)(C(=O)O)C(=O)c1ccccc1. The maximum absolute atomic E-state index is 12.6. The molecule has 12 heteroatoms. The number of ketones is 2. The van der Waals surface area contributed by atoms with Crippen LogP contribution in [0.2, 0.25) is 5.02 Å². The largest absolute Gasteiger partial charge is 0.479 e. The number of halogens is 1. The Labute approximate surface area is 242 Å². The summed E-state index contributed by atoms with van der Waals surface area (Å²) >= 11 is 5.76. The van der Waals surface area contributed by atoms with Crippen LogP contribution >= 0.6 is 11.6 Å². The smallest absolute Gasteiger partial charge is 0.348 e. The first-order chi connectivity index (χ1) is 19.7. The summed E-state index contributed by atoms with van der Waals surface area (Å²) in [5.74, 6) is -8.08. The van der Waals surface area contributed by atoms with Gasteiger partial charge in [-0.3, -0.25) is 9.59 Å². The number of furan rings is 1. The summed E-state index contributed by atoms with van der Waals surface area (Å²) in [6.07, 6.45) is 0. The van der Waals surface area contributed by atoms with Crippen molar-refractivity contribution in [1.82, 2.24) is 0 Å². The number of carbonyl (C=O) groups is 5. The molecule has 1 aromatic heterocycles. The van der Waals surface area contributed by atoms with Gasteiger partial charge in [0.2, 0.25) is 11.6 Å². The van der Waals surface area contributed by atoms with Gasteiger partial charge in [0, 0.05) is 21.7 Å². The number of carboxylic acids is 3. The average Bonchev–Trinajstić information content (AvgIpc) is 3.38. The highest BCUT2D eigenvalue weighted by Crippen LogP contribution is 2.32. The Hall–Kier alpha value is -5.10. The zero-order valence-electron chi connectivity index (χ0n) is 21.7. The summed E-state index contributed by atoms with van der Waals surface area (Å²) in [5, 5.41) is 49.4. The van der Waals surface area contributed by atoms with Crippen molar-refractivity contribution in [2.24, 2.45) is 0 Å². The van der Waals surface area contributed by atoms with Crippen LogP contribution in [0.5, 0.6) is 0 Å². The van der Waals surface area contributed by atoms with Crippen LogP contribution in [0, 0.1) is 6.92 Å². The van der Waals surface area contributed by atoms with E-state index in [1.165, 1.54) is 42.5 Å². The van der Waals surface area contributed by atoms with E-state index in [4.69, 9.17) is 21.1 Å². The first-order valence-corrected chi connectivity index (χ1v) is 12.3. The first-order valence-electron chi connectivity index (χ1n) is 12.0. The van der Waals surface area contributed by atoms with Crippen molar-refractivity contribution in [2.75, 3.05) is 0 Å². The Balaban J connectivity index is 0.000000258. The number of carbonyl (C=O) groups excluding carboxylic acids is 2. The number of aryl methyl sites for hydroxylation is 1. The molecule has 0 aliphatic rings. The highest BCUT2D eigenvalue weighted by molar-refractivity contribution is 6.30. The van der Waals surface area contributed by atoms with Gasteiger partial charge in [0.25, 0.3) is 11.2 Å². The molecule has 2 atom stereocenters. The third-order valence-electron chi connectivity index (χ3n) is 6.15. The van der Waals surface area contributed by atoms with E-state index in [1.54, 1.807) is 31.2 Å². The van der Waals surface area contributed by atoms with Crippen molar-refractivity contribution in [2.45, 2.75) is 18.1 Å². The van der Waals surface area contributed by atoms with E-state index in [0.29, 0.717) is 16.5 Å². The highest BCUT2D eigenvalue weighted by atomic mass is 35.5. The lowest BCUT2D eigenvalue weighted by atomic mass is 9.73. The molecular weight excluding hydrogens is 572 g/mol. The van der Waals surface area contributed by atoms with Crippen LogP contribution in [0.3, 0.4) is 0 Å². The Morgan fingerprint density at radius 1 is 0.667 bits per heavy atom. The topological polar surface area (TPSA) is 200 Å². The summed E-state index contributed by atoms with van der Waals surface area (Å²) in [7, 11) is 0. The van der Waals surface area contributed by atoms with Crippen LogP contribution < -0.4 is 0 Å². The van der Waals surface area contributed by atoms with Crippen molar-refractivity contribution in [3.8, 4) is 11.3 Å². The van der Waals surface area contributed by atoms with E-state index in [1.807, 2.05) is 0 Å². The van der Waals surface area contributed by atoms with Gasteiger partial charge in [-0.1, -0.05) is 72.3 Å². The molecule has 4 rings (SSSR count). The molecule has 4 aromatic rings. The number of aromatic carboxylic acids is 1. The standard InChI is InChI=1S/C18H14O8.C12H9ClO3/c19-13(11-7-3-1-4-8-11)17(25,15(21)22)18(26,16(23)24)14(20)12-9-5-2-6-10-12;1-7-10(12(14)15)6-11(16-7)8-2-4-9(13)5-3-8/h1-10,25-26H,(H,21,22)(H,23,24);2-6H,1H3,(H,14,15). The second-order valence-electron chi connectivity index (χ2n) is 8.81. The van der Waals surface area contributed by atoms with Crippen molar-refractivity contribution in [3.05, 3.63) is 118 Å². The van der Waals surface area contributed by atoms with E-state index in [0.717, 1.165) is 29.8 Å². The van der Waals surface area contributed by atoms with Crippen molar-refractivity contribution in [1.29, 1.82) is 0 Å². The number of rotatable bonds is 9. The van der Waals surface area contributed by atoms with Crippen molar-refractivity contribution < 1.29 is 53.9 Å². The molecule has 0 saturated carbocycles. The zero-order valence-corrected chi connectivity index (χ0v) is 22.5. The van der Waals surface area contributed by atoms with E-state index >= 15 is 0 Å². The third-order valence-corrected chi connectivity index (χ3v) is 6.40. The van der Waals surface area contributed by atoms with Crippen LogP contribution in [0.1, 0.15) is 36.8 Å². The lowest BCUT2D eigenvalue weighted by Gasteiger charge is -2.34. The molecule has 0 amide bonds. The Morgan fingerprint density at radius 2 is 1.07 bits per heavy atom. The average molecular weight is 595 g/mol. The van der Waals surface area contributed by atoms with Crippen LogP contribution in [-0.2, 0) is 9.59 Å². The quantitative estimate of drug-likeness (QED) is 0.139. The molecule has 1 heterocycles. The first kappa shape index (κ1) is 31.4. The third kappa shape index (κ3) is 5.98. The normalized spacial score (nSPS) is 13.4. The second-order valence-corrected chi connectivity index (χ2v) is 9.25. The molecule has 11 nitrogen and oxygen atoms in total. The van der Waals surface area contributed by atoms with E-state index < -0.39 is 51.8 Å². The molecule has 0 saturated heterocycles. The number of hydrogen-bond donors (Lipinski definition) is 5. The minimum absolute atomic E-state index is 0.185. The predicted octanol–water partition coefficient (Wildman–Crippen LogP) is 3.99. The Morgan fingerprint density at radius 3 is 1.40 bits per heavy atom. The van der Waals surface area contributed by atoms with E-state index in [2.05, 4.69) is 0 Å². The summed E-state index contributed by atoms with van der Waals surface area (Å²) in [5.41, 5.74) is -7.69. The van der Waals surface area contributed by atoms with Crippen molar-refractivity contribution in [3.63, 3.8) is 0 Å². The lowest BCUT2D eigenvalue weighted by Crippen LogP contribution is -2.71. The summed E-state index contributed by atoms with van der Waals surface area (Å²) < 4.78 is 5.38. The molecule has 0 aliphatic heterocycles. The number of aliphatic hydroxyl groups is 2. The second kappa shape index (κ2) is 12.6. The maximum atomic E-state index is 12.6. The molecule has 0 fully saturated rings. The summed E-state index contributed by atoms with van der Waals surface area (Å²) in [4.78, 5) is 59.4. The van der Waals surface area contributed by atoms with Crippen molar-refractivity contribution >= 4 is 41.1 Å². The fourth-order valence-corrected chi connectivity index (χ4v) is 4.01. The van der Waals surface area contributed by atoms with Gasteiger partial charge in [-0.2, -0.15) is 0 Å². The number of carboxylic acid groups (broad SMARTS) is 3. The molecule has 5 N–H and O–H groups in total. The number of aliphatic carboxylic acids is 2. The minimum atomic E-state index is -3.95. The number of hydrogen-bond acceptors (Lipinski definition) is 8. The van der Waals surface area contributed by atoms with Crippen LogP contribution in [0.4, 0.5) is 0 Å². The molecule has 0 radical (unpaired) electrons. The lowest BCUT2D eigenvalue weighted by molar-refractivity contribution is -0.187. The molecule has 42 heavy (non-hydrogen) atoms. The zero-order chi connectivity index (χ0) is 31.2. The molecule has 0 bridgehead atoms. The van der Waals surface area contributed by atoms with E-state index in [-0.39, 0.29) is 5.56 Å². The number of Topliss-reactive ketones (excluding diaryl/α,β-unsaturated/α-hetero) is 2. The van der Waals surface area contributed by atoms with Crippen LogP contribution in [0.15, 0.2) is 95.4 Å². The van der Waals surface area contributed by atoms with Crippen LogP contribution in [-0.4, -0.2) is 66.2 Å². The van der Waals surface area contributed by atoms with Gasteiger partial charge in [-0.15, -0.1) is 0 Å². The molecule has 216 valence electrons. The van der Waals surface area contributed by atoms with Gasteiger partial charge >= 0.3 is 17.9 Å². The Kier molecular flexibility index (Phi) is 9.43. The fourth-order valence-electron chi connectivity index (χ4n) is 3.88. The Bertz CT molecular complexity index is 1560. The summed E-state index contributed by atoms with van der Waals surface area (Å²) in [6.45, 7) is 1.63. The molecule has 0 spiro atoms. The molecule has 2 unspecified atom stereocenters. The van der Waals surface area contributed by atoms with Gasteiger partial charge in [-0.25, -0.2) is 14.4 Å². The van der Waals surface area contributed by atoms with Gasteiger partial charge < -0.3 is 29.9 Å². The van der Waals surface area contributed by atoms with E-state index in [9.17, 15) is 44.4 Å². The number of benzene rings is 3. The minimum Gasteiger partial charge on any atom is -0.479 e. The monoisotopic (exact) mass is 594 g/mol. The molecule has 0 aliphatic carbocycles. The van der Waals surface area contributed by atoms with Gasteiger partial charge in [0.1, 0.15) is 17.1 Å². The predicted molar refractivity (Wildman–Crippen MR) is 148 cm³/mol. The van der Waals surface area contributed by atoms with Crippen LogP contribution in [0.25, 0.3) is 11.3 Å². The maximum Gasteiger partial charge on any atom is 0.348 e. The van der Waals surface area contributed by atoms with Gasteiger partial charge in [-0.05, 0) is 37.3 Å². The highest BCUT2D eigenvalue weighted by Gasteiger charge is 2.69. The van der Waals surface area contributed by atoms with Gasteiger partial charge in [0.15, 0.2) is 0 Å². The fraction of sp³-hybridized carbons (Fsp3) is 0.100. The molecular formula is C30H23ClO11. The summed E-state index contributed by atoms with van der Waals surface area (Å²) in [6, 6.07) is 21.4.